The average molecular weight is 323 g/mol. The monoisotopic (exact) mass is 323 g/mol. The number of methoxy groups -OCH3 is 2. The van der Waals surface area contributed by atoms with Crippen molar-refractivity contribution in [1.29, 1.82) is 0 Å². The lowest BCUT2D eigenvalue weighted by atomic mass is 9.79. The fourth-order valence-electron chi connectivity index (χ4n) is 4.71. The largest absolute Gasteiger partial charge is 0.493 e. The van der Waals surface area contributed by atoms with Crippen molar-refractivity contribution >= 4 is 0 Å². The maximum atomic E-state index is 5.82. The summed E-state index contributed by atoms with van der Waals surface area (Å²) in [6, 6.07) is 13.5. The molecule has 0 saturated carbocycles. The van der Waals surface area contributed by atoms with Crippen LogP contribution in [0.1, 0.15) is 47.1 Å². The minimum absolute atomic E-state index is 0.365. The van der Waals surface area contributed by atoms with Crippen molar-refractivity contribution in [2.45, 2.75) is 31.7 Å². The van der Waals surface area contributed by atoms with E-state index >= 15 is 0 Å². The number of hydrogen-bond donors (Lipinski definition) is 1. The molecule has 0 spiro atoms. The average Bonchev–Trinajstić information content (AvgIpc) is 2.96. The van der Waals surface area contributed by atoms with Crippen LogP contribution in [0, 0.1) is 12.8 Å². The molecule has 0 amide bonds. The lowest BCUT2D eigenvalue weighted by Crippen LogP contribution is -2.33. The first kappa shape index (κ1) is 15.5. The van der Waals surface area contributed by atoms with E-state index in [0.717, 1.165) is 18.0 Å². The third-order valence-corrected chi connectivity index (χ3v) is 5.72. The summed E-state index contributed by atoms with van der Waals surface area (Å²) in [7, 11) is 3.47. The summed E-state index contributed by atoms with van der Waals surface area (Å²) in [6.07, 6.45) is 2.48. The topological polar surface area (TPSA) is 30.5 Å². The molecule has 1 fully saturated rings. The summed E-state index contributed by atoms with van der Waals surface area (Å²) in [6.45, 7) is 3.31. The van der Waals surface area contributed by atoms with Crippen LogP contribution in [0.4, 0.5) is 0 Å². The fraction of sp³-hybridized carbons (Fsp3) is 0.429. The molecule has 3 unspecified atom stereocenters. The number of fused-ring (bicyclic) bond motifs is 3. The van der Waals surface area contributed by atoms with Crippen LogP contribution in [0.3, 0.4) is 0 Å². The maximum absolute atomic E-state index is 5.82. The van der Waals surface area contributed by atoms with Gasteiger partial charge in [0.15, 0.2) is 11.5 Å². The Morgan fingerprint density at radius 2 is 1.83 bits per heavy atom. The standard InChI is InChI=1S/C21H25NO2/c1-13-7-4-5-8-14(13)18-15-9-6-12-22-20(15)16-10-11-17(23-2)21(24-3)19(16)18/h4-5,7-8,10-11,15,18,20,22H,6,9,12H2,1-3H3. The molecule has 3 nitrogen and oxygen atoms in total. The highest BCUT2D eigenvalue weighted by molar-refractivity contribution is 5.60. The van der Waals surface area contributed by atoms with Gasteiger partial charge in [0.2, 0.25) is 0 Å². The van der Waals surface area contributed by atoms with E-state index in [0.29, 0.717) is 17.9 Å². The van der Waals surface area contributed by atoms with Gasteiger partial charge >= 0.3 is 0 Å². The van der Waals surface area contributed by atoms with E-state index in [-0.39, 0.29) is 0 Å². The Balaban J connectivity index is 1.95. The van der Waals surface area contributed by atoms with Gasteiger partial charge in [-0.2, -0.15) is 0 Å². The number of aryl methyl sites for hydroxylation is 1. The van der Waals surface area contributed by atoms with Crippen molar-refractivity contribution in [1.82, 2.24) is 5.32 Å². The summed E-state index contributed by atoms with van der Waals surface area (Å²) < 4.78 is 11.4. The van der Waals surface area contributed by atoms with E-state index in [1.54, 1.807) is 14.2 Å². The molecule has 0 radical (unpaired) electrons. The van der Waals surface area contributed by atoms with Crippen LogP contribution in [0.15, 0.2) is 36.4 Å². The Morgan fingerprint density at radius 1 is 1.00 bits per heavy atom. The second-order valence-electron chi connectivity index (χ2n) is 6.88. The Morgan fingerprint density at radius 3 is 2.58 bits per heavy atom. The molecule has 2 aliphatic rings. The first-order chi connectivity index (χ1) is 11.8. The minimum atomic E-state index is 0.365. The molecule has 3 heteroatoms. The molecule has 1 aliphatic heterocycles. The van der Waals surface area contributed by atoms with Gasteiger partial charge in [0.05, 0.1) is 14.2 Å². The van der Waals surface area contributed by atoms with Crippen LogP contribution in [-0.2, 0) is 0 Å². The van der Waals surface area contributed by atoms with Gasteiger partial charge in [0.1, 0.15) is 0 Å². The first-order valence-electron chi connectivity index (χ1n) is 8.80. The normalized spacial score (nSPS) is 25.0. The van der Waals surface area contributed by atoms with E-state index < -0.39 is 0 Å². The second-order valence-corrected chi connectivity index (χ2v) is 6.88. The highest BCUT2D eigenvalue weighted by atomic mass is 16.5. The van der Waals surface area contributed by atoms with Crippen molar-refractivity contribution in [3.8, 4) is 11.5 Å². The molecular weight excluding hydrogens is 298 g/mol. The zero-order valence-electron chi connectivity index (χ0n) is 14.6. The molecule has 1 heterocycles. The molecule has 2 aromatic carbocycles. The highest BCUT2D eigenvalue weighted by Gasteiger charge is 2.45. The Kier molecular flexibility index (Phi) is 3.97. The number of rotatable bonds is 3. The Bertz CT molecular complexity index is 755. The zero-order chi connectivity index (χ0) is 16.7. The van der Waals surface area contributed by atoms with Gasteiger partial charge in [0.25, 0.3) is 0 Å². The van der Waals surface area contributed by atoms with Gasteiger partial charge in [-0.05, 0) is 55.0 Å². The quantitative estimate of drug-likeness (QED) is 0.918. The predicted molar refractivity (Wildman–Crippen MR) is 96.0 cm³/mol. The molecular formula is C21H25NO2. The van der Waals surface area contributed by atoms with Gasteiger partial charge in [-0.1, -0.05) is 30.3 Å². The zero-order valence-corrected chi connectivity index (χ0v) is 14.6. The summed E-state index contributed by atoms with van der Waals surface area (Å²) >= 11 is 0. The van der Waals surface area contributed by atoms with Crippen molar-refractivity contribution in [3.05, 3.63) is 58.7 Å². The molecule has 1 N–H and O–H groups in total. The van der Waals surface area contributed by atoms with Crippen LogP contribution >= 0.6 is 0 Å². The van der Waals surface area contributed by atoms with E-state index in [1.807, 2.05) is 6.07 Å². The number of nitrogens with one attached hydrogen (secondary N) is 1. The second kappa shape index (κ2) is 6.14. The van der Waals surface area contributed by atoms with Gasteiger partial charge in [-0.3, -0.25) is 0 Å². The SMILES string of the molecule is COc1ccc2c(c1OC)C(c1ccccc1C)C1CCCNC21. The van der Waals surface area contributed by atoms with Crippen molar-refractivity contribution in [3.63, 3.8) is 0 Å². The molecule has 0 aromatic heterocycles. The maximum Gasteiger partial charge on any atom is 0.164 e. The van der Waals surface area contributed by atoms with Gasteiger partial charge in [-0.15, -0.1) is 0 Å². The molecule has 1 saturated heterocycles. The molecule has 3 atom stereocenters. The summed E-state index contributed by atoms with van der Waals surface area (Å²) in [5, 5.41) is 3.75. The summed E-state index contributed by atoms with van der Waals surface area (Å²) in [4.78, 5) is 0. The highest BCUT2D eigenvalue weighted by Crippen LogP contribution is 2.56. The lowest BCUT2D eigenvalue weighted by molar-refractivity contribution is 0.285. The van der Waals surface area contributed by atoms with Crippen molar-refractivity contribution in [2.24, 2.45) is 5.92 Å². The van der Waals surface area contributed by atoms with E-state index in [9.17, 15) is 0 Å². The van der Waals surface area contributed by atoms with Crippen molar-refractivity contribution < 1.29 is 9.47 Å². The molecule has 126 valence electrons. The van der Waals surface area contributed by atoms with Crippen LogP contribution < -0.4 is 14.8 Å². The van der Waals surface area contributed by atoms with Crippen LogP contribution in [0.5, 0.6) is 11.5 Å². The fourth-order valence-corrected chi connectivity index (χ4v) is 4.71. The van der Waals surface area contributed by atoms with Gasteiger partial charge in [-0.25, -0.2) is 0 Å². The first-order valence-corrected chi connectivity index (χ1v) is 8.80. The number of benzene rings is 2. The number of piperidine rings is 1. The Labute approximate surface area is 144 Å². The van der Waals surface area contributed by atoms with Crippen LogP contribution in [0.2, 0.25) is 0 Å². The summed E-state index contributed by atoms with van der Waals surface area (Å²) in [5.41, 5.74) is 5.47. The summed E-state index contributed by atoms with van der Waals surface area (Å²) in [5.74, 6) is 2.67. The van der Waals surface area contributed by atoms with Gasteiger partial charge in [0, 0.05) is 17.5 Å². The number of hydrogen-bond acceptors (Lipinski definition) is 3. The Hall–Kier alpha value is -2.00. The lowest BCUT2D eigenvalue weighted by Gasteiger charge is -2.31. The minimum Gasteiger partial charge on any atom is -0.493 e. The predicted octanol–water partition coefficient (Wildman–Crippen LogP) is 4.20. The molecule has 0 bridgehead atoms. The molecule has 4 rings (SSSR count). The smallest absolute Gasteiger partial charge is 0.164 e. The molecule has 1 aliphatic carbocycles. The molecule has 2 aromatic rings. The van der Waals surface area contributed by atoms with Crippen LogP contribution in [0.25, 0.3) is 0 Å². The third-order valence-electron chi connectivity index (χ3n) is 5.72. The van der Waals surface area contributed by atoms with E-state index in [2.05, 4.69) is 42.6 Å². The van der Waals surface area contributed by atoms with Crippen LogP contribution in [-0.4, -0.2) is 20.8 Å². The van der Waals surface area contributed by atoms with E-state index in [4.69, 9.17) is 9.47 Å². The van der Waals surface area contributed by atoms with Crippen molar-refractivity contribution in [2.75, 3.05) is 20.8 Å². The van der Waals surface area contributed by atoms with E-state index in [1.165, 1.54) is 35.1 Å². The number of ether oxygens (including phenoxy) is 2. The third kappa shape index (κ3) is 2.22. The molecule has 24 heavy (non-hydrogen) atoms. The van der Waals surface area contributed by atoms with Gasteiger partial charge < -0.3 is 14.8 Å².